The van der Waals surface area contributed by atoms with Crippen LogP contribution in [0.5, 0.6) is 0 Å². The summed E-state index contributed by atoms with van der Waals surface area (Å²) in [5.41, 5.74) is 2.25. The predicted molar refractivity (Wildman–Crippen MR) is 88.3 cm³/mol. The number of hydrogen-bond donors (Lipinski definition) is 0. The maximum Gasteiger partial charge on any atom is 0.148 e. The Labute approximate surface area is 131 Å². The van der Waals surface area contributed by atoms with Crippen LogP contribution in [0.25, 0.3) is 0 Å². The third-order valence-electron chi connectivity index (χ3n) is 4.45. The lowest BCUT2D eigenvalue weighted by molar-refractivity contribution is 0.526. The van der Waals surface area contributed by atoms with E-state index in [4.69, 9.17) is 11.6 Å². The summed E-state index contributed by atoms with van der Waals surface area (Å²) in [5, 5.41) is 0.736. The van der Waals surface area contributed by atoms with Crippen LogP contribution in [0.4, 0.5) is 11.4 Å². The Bertz CT molecular complexity index is 656. The van der Waals surface area contributed by atoms with Gasteiger partial charge in [-0.3, -0.25) is 0 Å². The van der Waals surface area contributed by atoms with E-state index >= 15 is 0 Å². The largest absolute Gasteiger partial charge is 0.371 e. The van der Waals surface area contributed by atoms with E-state index in [-0.39, 0.29) is 5.41 Å². The van der Waals surface area contributed by atoms with Gasteiger partial charge in [0.25, 0.3) is 0 Å². The van der Waals surface area contributed by atoms with Gasteiger partial charge in [-0.1, -0.05) is 11.6 Å². The van der Waals surface area contributed by atoms with Gasteiger partial charge in [-0.05, 0) is 31.0 Å². The summed E-state index contributed by atoms with van der Waals surface area (Å²) in [6.07, 6.45) is 3.36. The molecule has 0 radical (unpaired) electrons. The molecule has 6 heteroatoms. The smallest absolute Gasteiger partial charge is 0.148 e. The fourth-order valence-electron chi connectivity index (χ4n) is 3.23. The fourth-order valence-corrected chi connectivity index (χ4v) is 4.89. The summed E-state index contributed by atoms with van der Waals surface area (Å²) in [7, 11) is -0.858. The van der Waals surface area contributed by atoms with Gasteiger partial charge in [0, 0.05) is 43.4 Å². The molecular weight excluding hydrogens is 308 g/mol. The second-order valence-corrected chi connectivity index (χ2v) is 9.12. The standard InChI is InChI=1S/C15H21ClN2O2S/c1-17-7-8-18(13-4-3-12(16)9-14(13)17)10-15(5-6-15)11-21(2,19)20/h3-4,9H,5-8,10-11H2,1-2H3. The van der Waals surface area contributed by atoms with Crippen LogP contribution >= 0.6 is 11.6 Å². The summed E-state index contributed by atoms with van der Waals surface area (Å²) < 4.78 is 23.3. The molecule has 4 nitrogen and oxygen atoms in total. The molecule has 1 heterocycles. The lowest BCUT2D eigenvalue weighted by Crippen LogP contribution is -2.43. The van der Waals surface area contributed by atoms with Crippen molar-refractivity contribution in [3.63, 3.8) is 0 Å². The Morgan fingerprint density at radius 3 is 2.57 bits per heavy atom. The number of anilines is 2. The van der Waals surface area contributed by atoms with Crippen molar-refractivity contribution in [2.45, 2.75) is 12.8 Å². The summed E-state index contributed by atoms with van der Waals surface area (Å²) in [4.78, 5) is 4.53. The minimum Gasteiger partial charge on any atom is -0.371 e. The van der Waals surface area contributed by atoms with E-state index in [0.717, 1.165) is 48.9 Å². The van der Waals surface area contributed by atoms with Crippen LogP contribution in [0.2, 0.25) is 5.02 Å². The lowest BCUT2D eigenvalue weighted by atomic mass is 10.1. The van der Waals surface area contributed by atoms with Gasteiger partial charge in [0.05, 0.1) is 17.1 Å². The first-order valence-electron chi connectivity index (χ1n) is 7.21. The molecule has 3 rings (SSSR count). The molecule has 1 aliphatic carbocycles. The normalized spacial score (nSPS) is 20.3. The van der Waals surface area contributed by atoms with Crippen molar-refractivity contribution in [2.24, 2.45) is 5.41 Å². The molecule has 21 heavy (non-hydrogen) atoms. The van der Waals surface area contributed by atoms with Gasteiger partial charge in [0.2, 0.25) is 0 Å². The fraction of sp³-hybridized carbons (Fsp3) is 0.600. The van der Waals surface area contributed by atoms with E-state index < -0.39 is 9.84 Å². The third-order valence-corrected chi connectivity index (χ3v) is 5.82. The van der Waals surface area contributed by atoms with Gasteiger partial charge < -0.3 is 9.80 Å². The highest BCUT2D eigenvalue weighted by Crippen LogP contribution is 2.49. The number of fused-ring (bicyclic) bond motifs is 1. The van der Waals surface area contributed by atoms with Crippen LogP contribution < -0.4 is 9.80 Å². The molecule has 0 atom stereocenters. The van der Waals surface area contributed by atoms with Crippen LogP contribution in [0.15, 0.2) is 18.2 Å². The summed E-state index contributed by atoms with van der Waals surface area (Å²) in [6.45, 7) is 2.68. The highest BCUT2D eigenvalue weighted by atomic mass is 35.5. The van der Waals surface area contributed by atoms with Crippen molar-refractivity contribution in [2.75, 3.05) is 48.5 Å². The molecule has 0 amide bonds. The lowest BCUT2D eigenvalue weighted by Gasteiger charge is -2.39. The van der Waals surface area contributed by atoms with Crippen LogP contribution in [0.3, 0.4) is 0 Å². The molecule has 0 spiro atoms. The molecule has 0 bridgehead atoms. The van der Waals surface area contributed by atoms with E-state index in [1.54, 1.807) is 0 Å². The van der Waals surface area contributed by atoms with E-state index in [2.05, 4.69) is 16.8 Å². The van der Waals surface area contributed by atoms with Gasteiger partial charge in [0.15, 0.2) is 0 Å². The minimum absolute atomic E-state index is 0.0413. The number of hydrogen-bond acceptors (Lipinski definition) is 4. The zero-order valence-corrected chi connectivity index (χ0v) is 14.0. The molecule has 2 aliphatic rings. The number of rotatable bonds is 4. The molecule has 1 saturated carbocycles. The third kappa shape index (κ3) is 3.29. The van der Waals surface area contributed by atoms with E-state index in [9.17, 15) is 8.42 Å². The minimum atomic E-state index is -2.92. The maximum absolute atomic E-state index is 11.6. The molecule has 116 valence electrons. The number of benzene rings is 1. The first kappa shape index (κ1) is 15.0. The average Bonchev–Trinajstić information content (AvgIpc) is 3.10. The van der Waals surface area contributed by atoms with Gasteiger partial charge in [-0.15, -0.1) is 0 Å². The first-order valence-corrected chi connectivity index (χ1v) is 9.65. The number of likely N-dealkylation sites (N-methyl/N-ethyl adjacent to an activating group) is 1. The number of sulfone groups is 1. The summed E-state index contributed by atoms with van der Waals surface area (Å²) >= 11 is 6.10. The van der Waals surface area contributed by atoms with E-state index in [0.29, 0.717) is 5.75 Å². The zero-order chi connectivity index (χ0) is 15.3. The van der Waals surface area contributed by atoms with Crippen LogP contribution in [-0.4, -0.2) is 47.1 Å². The highest BCUT2D eigenvalue weighted by molar-refractivity contribution is 7.90. The molecule has 0 saturated heterocycles. The molecule has 1 fully saturated rings. The average molecular weight is 329 g/mol. The van der Waals surface area contributed by atoms with Gasteiger partial charge in [0.1, 0.15) is 9.84 Å². The Morgan fingerprint density at radius 1 is 1.24 bits per heavy atom. The molecule has 1 aliphatic heterocycles. The van der Waals surface area contributed by atoms with E-state index in [1.807, 2.05) is 18.2 Å². The van der Waals surface area contributed by atoms with Crippen molar-refractivity contribution in [1.82, 2.24) is 0 Å². The quantitative estimate of drug-likeness (QED) is 0.851. The topological polar surface area (TPSA) is 40.6 Å². The Kier molecular flexibility index (Phi) is 3.61. The molecule has 1 aromatic rings. The monoisotopic (exact) mass is 328 g/mol. The Balaban J connectivity index is 1.84. The zero-order valence-electron chi connectivity index (χ0n) is 12.5. The summed E-state index contributed by atoms with van der Waals surface area (Å²) in [5.74, 6) is 0.301. The van der Waals surface area contributed by atoms with Gasteiger partial charge >= 0.3 is 0 Å². The highest BCUT2D eigenvalue weighted by Gasteiger charge is 2.46. The van der Waals surface area contributed by atoms with Gasteiger partial charge in [-0.2, -0.15) is 0 Å². The van der Waals surface area contributed by atoms with Crippen molar-refractivity contribution in [1.29, 1.82) is 0 Å². The first-order chi connectivity index (χ1) is 9.78. The van der Waals surface area contributed by atoms with Crippen molar-refractivity contribution >= 4 is 32.8 Å². The molecule has 1 aromatic carbocycles. The van der Waals surface area contributed by atoms with Crippen molar-refractivity contribution < 1.29 is 8.42 Å². The van der Waals surface area contributed by atoms with Crippen LogP contribution in [-0.2, 0) is 9.84 Å². The summed E-state index contributed by atoms with van der Waals surface area (Å²) in [6, 6.07) is 5.94. The molecule has 0 unspecified atom stereocenters. The second-order valence-electron chi connectivity index (χ2n) is 6.55. The number of halogens is 1. The Morgan fingerprint density at radius 2 is 1.95 bits per heavy atom. The van der Waals surface area contributed by atoms with Crippen molar-refractivity contribution in [3.05, 3.63) is 23.2 Å². The Hall–Kier alpha value is -0.940. The van der Waals surface area contributed by atoms with Gasteiger partial charge in [-0.25, -0.2) is 8.42 Å². The SMILES string of the molecule is CN1CCN(CC2(CS(C)(=O)=O)CC2)c2ccc(Cl)cc21. The van der Waals surface area contributed by atoms with Crippen molar-refractivity contribution in [3.8, 4) is 0 Å². The number of nitrogens with zero attached hydrogens (tertiary/aromatic N) is 2. The second kappa shape index (κ2) is 5.06. The maximum atomic E-state index is 11.6. The van der Waals surface area contributed by atoms with Crippen LogP contribution in [0.1, 0.15) is 12.8 Å². The molecule has 0 aromatic heterocycles. The molecule has 0 N–H and O–H groups in total. The van der Waals surface area contributed by atoms with E-state index in [1.165, 1.54) is 6.26 Å². The van der Waals surface area contributed by atoms with Crippen LogP contribution in [0, 0.1) is 5.41 Å². The predicted octanol–water partition coefficient (Wildman–Crippen LogP) is 2.42. The molecular formula is C15H21ClN2O2S.